The van der Waals surface area contributed by atoms with Crippen LogP contribution in [0.3, 0.4) is 0 Å². The van der Waals surface area contributed by atoms with Crippen molar-refractivity contribution in [2.75, 3.05) is 11.0 Å². The number of hydrogen-bond donors (Lipinski definition) is 3. The van der Waals surface area contributed by atoms with Gasteiger partial charge in [0.15, 0.2) is 0 Å². The van der Waals surface area contributed by atoms with E-state index in [9.17, 15) is 14.0 Å². The summed E-state index contributed by atoms with van der Waals surface area (Å²) in [7, 11) is -2.87. The molecule has 0 aliphatic rings. The van der Waals surface area contributed by atoms with E-state index in [4.69, 9.17) is 0 Å². The fourth-order valence-electron chi connectivity index (χ4n) is 3.38. The number of rotatable bonds is 10. The van der Waals surface area contributed by atoms with Gasteiger partial charge in [0.25, 0.3) is 0 Å². The molecule has 0 saturated carbocycles. The molecule has 0 heterocycles. The van der Waals surface area contributed by atoms with Crippen molar-refractivity contribution in [3.05, 3.63) is 52.9 Å². The zero-order chi connectivity index (χ0) is 20.8. The van der Waals surface area contributed by atoms with Gasteiger partial charge in [-0.3, -0.25) is 13.8 Å². The molecule has 2 aromatic rings. The smallest absolute Gasteiger partial charge is 0.116 e. The molecular formula is C22H32N2O3S. The minimum absolute atomic E-state index is 0.0198. The van der Waals surface area contributed by atoms with Crippen molar-refractivity contribution in [2.24, 2.45) is 5.18 Å². The van der Waals surface area contributed by atoms with Crippen LogP contribution in [0, 0.1) is 4.91 Å². The molecule has 0 fully saturated rings. The third kappa shape index (κ3) is 6.33. The molecule has 0 amide bonds. The summed E-state index contributed by atoms with van der Waals surface area (Å²) in [5.41, 5.74) is 3.61. The van der Waals surface area contributed by atoms with E-state index in [0.717, 1.165) is 23.1 Å². The van der Waals surface area contributed by atoms with Crippen molar-refractivity contribution in [3.8, 4) is 11.1 Å². The first-order valence-corrected chi connectivity index (χ1v) is 11.7. The van der Waals surface area contributed by atoms with Crippen LogP contribution in [-0.2, 0) is 5.41 Å². The summed E-state index contributed by atoms with van der Waals surface area (Å²) in [6.07, 6.45) is 7.27. The molecule has 0 radical (unpaired) electrons. The molecule has 0 saturated heterocycles. The maximum absolute atomic E-state index is 11.6. The Balaban J connectivity index is 2.28. The topological polar surface area (TPSA) is 81.9 Å². The first-order chi connectivity index (χ1) is 13.2. The van der Waals surface area contributed by atoms with E-state index in [1.165, 1.54) is 31.9 Å². The van der Waals surface area contributed by atoms with Gasteiger partial charge in [-0.1, -0.05) is 70.7 Å². The molecular weight excluding hydrogens is 372 g/mol. The van der Waals surface area contributed by atoms with Gasteiger partial charge in [-0.05, 0) is 46.3 Å². The van der Waals surface area contributed by atoms with Crippen LogP contribution in [0.2, 0.25) is 0 Å². The van der Waals surface area contributed by atoms with Crippen LogP contribution in [0.15, 0.2) is 47.6 Å². The monoisotopic (exact) mass is 404 g/mol. The van der Waals surface area contributed by atoms with Crippen LogP contribution in [0.5, 0.6) is 0 Å². The normalized spacial score (nSPS) is 12.6. The van der Waals surface area contributed by atoms with Crippen LogP contribution in [0.25, 0.3) is 11.1 Å². The second-order valence-electron chi connectivity index (χ2n) is 8.03. The lowest BCUT2D eigenvalue weighted by atomic mass is 9.79. The molecule has 0 aliphatic heterocycles. The molecule has 0 aromatic heterocycles. The maximum atomic E-state index is 11.6. The summed E-state index contributed by atoms with van der Waals surface area (Å²) in [5.74, 6) is 0. The van der Waals surface area contributed by atoms with E-state index >= 15 is 0 Å². The molecule has 28 heavy (non-hydrogen) atoms. The van der Waals surface area contributed by atoms with Crippen LogP contribution in [0.1, 0.15) is 58.4 Å². The summed E-state index contributed by atoms with van der Waals surface area (Å²) >= 11 is 0. The molecule has 0 atom stereocenters. The molecule has 2 aromatic carbocycles. The average Bonchev–Trinajstić information content (AvgIpc) is 2.63. The predicted octanol–water partition coefficient (Wildman–Crippen LogP) is 7.71. The lowest BCUT2D eigenvalue weighted by Crippen LogP contribution is -2.16. The minimum Gasteiger partial charge on any atom is -0.285 e. The highest BCUT2D eigenvalue weighted by Gasteiger charge is 2.22. The molecule has 0 bridgehead atoms. The average molecular weight is 405 g/mol. The highest BCUT2D eigenvalue weighted by atomic mass is 32.3. The first kappa shape index (κ1) is 22.4. The van der Waals surface area contributed by atoms with Gasteiger partial charge in [-0.2, -0.15) is 0 Å². The number of unbranched alkanes of at least 4 members (excludes halogenated alkanes) is 3. The van der Waals surface area contributed by atoms with E-state index in [-0.39, 0.29) is 5.41 Å². The van der Waals surface area contributed by atoms with Crippen molar-refractivity contribution in [1.82, 2.24) is 0 Å². The number of nitroso groups, excluding NO2 is 1. The molecule has 2 rings (SSSR count). The van der Waals surface area contributed by atoms with Crippen molar-refractivity contribution >= 4 is 22.2 Å². The lowest BCUT2D eigenvalue weighted by molar-refractivity contribution is 0.446. The Morgan fingerprint density at radius 1 is 1.07 bits per heavy atom. The molecule has 3 N–H and O–H groups in total. The second kappa shape index (κ2) is 9.54. The van der Waals surface area contributed by atoms with Gasteiger partial charge in [-0.15, -0.1) is 15.7 Å². The molecule has 0 aliphatic carbocycles. The summed E-state index contributed by atoms with van der Waals surface area (Å²) in [4.78, 5) is 11.6. The Morgan fingerprint density at radius 2 is 1.82 bits per heavy atom. The van der Waals surface area contributed by atoms with E-state index in [1.807, 2.05) is 24.3 Å². The minimum atomic E-state index is -2.87. The van der Waals surface area contributed by atoms with Crippen molar-refractivity contribution < 1.29 is 9.11 Å². The number of anilines is 1. The fraction of sp³-hybridized carbons (Fsp3) is 0.455. The lowest BCUT2D eigenvalue weighted by Gasteiger charge is -2.29. The third-order valence-electron chi connectivity index (χ3n) is 5.02. The highest BCUT2D eigenvalue weighted by molar-refractivity contribution is 8.24. The number of nitrogens with one attached hydrogen (secondary N) is 1. The Morgan fingerprint density at radius 3 is 2.46 bits per heavy atom. The van der Waals surface area contributed by atoms with Gasteiger partial charge < -0.3 is 0 Å². The molecule has 6 heteroatoms. The van der Waals surface area contributed by atoms with Crippen molar-refractivity contribution in [3.63, 3.8) is 0 Å². The van der Waals surface area contributed by atoms with Crippen LogP contribution < -0.4 is 4.72 Å². The highest BCUT2D eigenvalue weighted by Crippen LogP contribution is 2.39. The first-order valence-electron chi connectivity index (χ1n) is 9.75. The SMILES string of the molecule is CCCCCCC(C)(C)c1ccc(-c2cccc(NS(C)(O)O)c2)c(N=O)c1. The summed E-state index contributed by atoms with van der Waals surface area (Å²) in [6, 6.07) is 13.1. The third-order valence-corrected chi connectivity index (χ3v) is 5.64. The van der Waals surface area contributed by atoms with E-state index in [2.05, 4.69) is 36.7 Å². The predicted molar refractivity (Wildman–Crippen MR) is 122 cm³/mol. The van der Waals surface area contributed by atoms with Gasteiger partial charge in [0.2, 0.25) is 0 Å². The number of benzene rings is 2. The Bertz CT molecular complexity index is 801. The standard InChI is InChI=1S/C22H32N2O3S/c1-5-6-7-8-14-22(2,3)18-12-13-20(21(16-18)23-25)17-10-9-11-19(15-17)24-28(4,26)27/h9-13,15-16,24,26-27H,5-8,14H2,1-4H3. The largest absolute Gasteiger partial charge is 0.285 e. The number of hydrogen-bond acceptors (Lipinski definition) is 5. The zero-order valence-corrected chi connectivity index (χ0v) is 18.1. The van der Waals surface area contributed by atoms with E-state index < -0.39 is 10.8 Å². The maximum Gasteiger partial charge on any atom is 0.116 e. The second-order valence-corrected chi connectivity index (χ2v) is 9.91. The number of nitrogens with zero attached hydrogens (tertiary/aromatic N) is 1. The molecule has 0 unspecified atom stereocenters. The van der Waals surface area contributed by atoms with Crippen LogP contribution >= 0.6 is 10.8 Å². The van der Waals surface area contributed by atoms with E-state index in [0.29, 0.717) is 11.4 Å². The zero-order valence-electron chi connectivity index (χ0n) is 17.2. The van der Waals surface area contributed by atoms with Gasteiger partial charge in [0.05, 0.1) is 5.69 Å². The van der Waals surface area contributed by atoms with Gasteiger partial charge in [0.1, 0.15) is 5.69 Å². The summed E-state index contributed by atoms with van der Waals surface area (Å²) < 4.78 is 21.9. The van der Waals surface area contributed by atoms with Crippen LogP contribution in [0.4, 0.5) is 11.4 Å². The van der Waals surface area contributed by atoms with Crippen molar-refractivity contribution in [2.45, 2.75) is 58.3 Å². The summed E-state index contributed by atoms with van der Waals surface area (Å²) in [5, 5.41) is 3.27. The van der Waals surface area contributed by atoms with Gasteiger partial charge >= 0.3 is 0 Å². The summed E-state index contributed by atoms with van der Waals surface area (Å²) in [6.45, 7) is 6.62. The van der Waals surface area contributed by atoms with Crippen molar-refractivity contribution in [1.29, 1.82) is 0 Å². The quantitative estimate of drug-likeness (QED) is 0.280. The molecule has 5 nitrogen and oxygen atoms in total. The van der Waals surface area contributed by atoms with Gasteiger partial charge in [-0.25, -0.2) is 0 Å². The van der Waals surface area contributed by atoms with Gasteiger partial charge in [0, 0.05) is 11.8 Å². The van der Waals surface area contributed by atoms with Crippen LogP contribution in [-0.4, -0.2) is 15.4 Å². The fourth-order valence-corrected chi connectivity index (χ4v) is 3.96. The van der Waals surface area contributed by atoms with E-state index in [1.54, 1.807) is 12.1 Å². The Hall–Kier alpha value is -1.89. The Labute approximate surface area is 170 Å². The Kier molecular flexibility index (Phi) is 7.63. The molecule has 0 spiro atoms. The molecule has 154 valence electrons.